The number of nitrogens with zero attached hydrogens (tertiary/aromatic N) is 2. The first kappa shape index (κ1) is 15.2. The van der Waals surface area contributed by atoms with Gasteiger partial charge in [0.1, 0.15) is 0 Å². The van der Waals surface area contributed by atoms with Crippen LogP contribution in [0.1, 0.15) is 45.6 Å². The average molecular weight is 369 g/mol. The third-order valence-corrected chi connectivity index (χ3v) is 6.60. The predicted molar refractivity (Wildman–Crippen MR) is 90.4 cm³/mol. The van der Waals surface area contributed by atoms with Crippen molar-refractivity contribution in [2.75, 3.05) is 0 Å². The van der Waals surface area contributed by atoms with Crippen molar-refractivity contribution < 1.29 is 0 Å². The van der Waals surface area contributed by atoms with Gasteiger partial charge in [0.25, 0.3) is 0 Å². The van der Waals surface area contributed by atoms with E-state index in [9.17, 15) is 0 Å². The van der Waals surface area contributed by atoms with Gasteiger partial charge in [0.15, 0.2) is 0 Å². The molecule has 0 bridgehead atoms. The van der Waals surface area contributed by atoms with Crippen LogP contribution in [0.3, 0.4) is 0 Å². The van der Waals surface area contributed by atoms with Crippen LogP contribution in [0.5, 0.6) is 0 Å². The highest BCUT2D eigenvalue weighted by Gasteiger charge is 2.21. The summed E-state index contributed by atoms with van der Waals surface area (Å²) in [5.74, 6) is 5.83. The van der Waals surface area contributed by atoms with Crippen LogP contribution in [-0.4, -0.2) is 9.78 Å². The van der Waals surface area contributed by atoms with E-state index in [2.05, 4.69) is 32.5 Å². The summed E-state index contributed by atoms with van der Waals surface area (Å²) in [4.78, 5) is 2.90. The fourth-order valence-electron chi connectivity index (χ4n) is 3.02. The Kier molecular flexibility index (Phi) is 4.49. The van der Waals surface area contributed by atoms with Gasteiger partial charge in [-0.3, -0.25) is 16.0 Å². The SMILES string of the molecule is Cc1nn(C)c(CC(NN)c2cc3c(s2)CCCC3)c1Br. The number of aromatic nitrogens is 2. The molecule has 1 aliphatic carbocycles. The van der Waals surface area contributed by atoms with Crippen LogP contribution in [0.4, 0.5) is 0 Å². The van der Waals surface area contributed by atoms with Gasteiger partial charge in [0, 0.05) is 23.2 Å². The molecule has 1 atom stereocenters. The second-order valence-corrected chi connectivity index (χ2v) is 7.66. The Balaban J connectivity index is 1.86. The van der Waals surface area contributed by atoms with Crippen molar-refractivity contribution in [3.63, 3.8) is 0 Å². The lowest BCUT2D eigenvalue weighted by molar-refractivity contribution is 0.536. The number of hydrazine groups is 1. The fraction of sp³-hybridized carbons (Fsp3) is 0.533. The van der Waals surface area contributed by atoms with Gasteiger partial charge >= 0.3 is 0 Å². The van der Waals surface area contributed by atoms with Crippen molar-refractivity contribution in [3.05, 3.63) is 37.2 Å². The molecular formula is C15H21BrN4S. The summed E-state index contributed by atoms with van der Waals surface area (Å²) in [5, 5.41) is 4.46. The molecule has 3 N–H and O–H groups in total. The molecule has 1 aliphatic rings. The highest BCUT2D eigenvalue weighted by Crippen LogP contribution is 2.34. The van der Waals surface area contributed by atoms with Crippen molar-refractivity contribution >= 4 is 27.3 Å². The monoisotopic (exact) mass is 368 g/mol. The first-order valence-corrected chi connectivity index (χ1v) is 8.96. The maximum absolute atomic E-state index is 5.83. The first-order valence-electron chi connectivity index (χ1n) is 7.35. The molecule has 0 radical (unpaired) electrons. The van der Waals surface area contributed by atoms with Crippen LogP contribution in [0.2, 0.25) is 0 Å². The van der Waals surface area contributed by atoms with Crippen molar-refractivity contribution in [3.8, 4) is 0 Å². The van der Waals surface area contributed by atoms with Crippen molar-refractivity contribution in [2.45, 2.75) is 45.1 Å². The zero-order chi connectivity index (χ0) is 15.0. The minimum absolute atomic E-state index is 0.145. The minimum Gasteiger partial charge on any atom is -0.271 e. The Morgan fingerprint density at radius 3 is 2.86 bits per heavy atom. The summed E-state index contributed by atoms with van der Waals surface area (Å²) in [6, 6.07) is 2.49. The summed E-state index contributed by atoms with van der Waals surface area (Å²) in [7, 11) is 1.99. The number of fused-ring (bicyclic) bond motifs is 1. The molecule has 6 heteroatoms. The van der Waals surface area contributed by atoms with E-state index in [0.29, 0.717) is 0 Å². The third-order valence-electron chi connectivity index (χ3n) is 4.22. The van der Waals surface area contributed by atoms with Crippen LogP contribution in [-0.2, 0) is 26.3 Å². The second-order valence-electron chi connectivity index (χ2n) is 5.70. The van der Waals surface area contributed by atoms with Crippen LogP contribution in [0.25, 0.3) is 0 Å². The van der Waals surface area contributed by atoms with Crippen LogP contribution in [0.15, 0.2) is 10.5 Å². The van der Waals surface area contributed by atoms with Gasteiger partial charge in [0.05, 0.1) is 21.9 Å². The molecule has 1 unspecified atom stereocenters. The summed E-state index contributed by atoms with van der Waals surface area (Å²) >= 11 is 5.56. The maximum Gasteiger partial charge on any atom is 0.0738 e. The number of rotatable bonds is 4. The molecule has 114 valence electrons. The van der Waals surface area contributed by atoms with E-state index in [0.717, 1.165) is 16.6 Å². The fourth-order valence-corrected chi connectivity index (χ4v) is 4.84. The molecule has 0 amide bonds. The summed E-state index contributed by atoms with van der Waals surface area (Å²) in [6.07, 6.45) is 5.92. The molecule has 0 saturated carbocycles. The van der Waals surface area contributed by atoms with Crippen LogP contribution < -0.4 is 11.3 Å². The molecule has 4 nitrogen and oxygen atoms in total. The Morgan fingerprint density at radius 2 is 2.24 bits per heavy atom. The number of nitrogens with one attached hydrogen (secondary N) is 1. The quantitative estimate of drug-likeness (QED) is 0.643. The number of halogens is 1. The van der Waals surface area contributed by atoms with Crippen molar-refractivity contribution in [2.24, 2.45) is 12.9 Å². The molecule has 0 spiro atoms. The maximum atomic E-state index is 5.83. The first-order chi connectivity index (χ1) is 10.1. The lowest BCUT2D eigenvalue weighted by Gasteiger charge is -2.14. The van der Waals surface area contributed by atoms with E-state index in [1.165, 1.54) is 41.8 Å². The van der Waals surface area contributed by atoms with Gasteiger partial charge in [-0.05, 0) is 60.2 Å². The molecular weight excluding hydrogens is 348 g/mol. The zero-order valence-electron chi connectivity index (χ0n) is 12.4. The molecule has 2 heterocycles. The number of thiophene rings is 1. The molecule has 0 aromatic carbocycles. The molecule has 0 fully saturated rings. The molecule has 0 aliphatic heterocycles. The van der Waals surface area contributed by atoms with Crippen molar-refractivity contribution in [1.82, 2.24) is 15.2 Å². The number of hydrogen-bond acceptors (Lipinski definition) is 4. The van der Waals surface area contributed by atoms with Crippen LogP contribution in [0, 0.1) is 6.92 Å². The highest BCUT2D eigenvalue weighted by molar-refractivity contribution is 9.10. The highest BCUT2D eigenvalue weighted by atomic mass is 79.9. The number of hydrogen-bond donors (Lipinski definition) is 2. The lowest BCUT2D eigenvalue weighted by atomic mass is 9.98. The lowest BCUT2D eigenvalue weighted by Crippen LogP contribution is -2.29. The van der Waals surface area contributed by atoms with Crippen LogP contribution >= 0.6 is 27.3 Å². The van der Waals surface area contributed by atoms with E-state index in [4.69, 9.17) is 5.84 Å². The Labute approximate surface area is 137 Å². The summed E-state index contributed by atoms with van der Waals surface area (Å²) in [5.41, 5.74) is 6.72. The predicted octanol–water partition coefficient (Wildman–Crippen LogP) is 3.18. The minimum atomic E-state index is 0.145. The number of aryl methyl sites for hydroxylation is 4. The molecule has 0 saturated heterocycles. The van der Waals surface area contributed by atoms with Gasteiger partial charge in [-0.1, -0.05) is 0 Å². The zero-order valence-corrected chi connectivity index (χ0v) is 14.9. The van der Waals surface area contributed by atoms with Gasteiger partial charge in [-0.15, -0.1) is 11.3 Å². The smallest absolute Gasteiger partial charge is 0.0738 e. The van der Waals surface area contributed by atoms with E-state index in [1.807, 2.05) is 30.0 Å². The summed E-state index contributed by atoms with van der Waals surface area (Å²) < 4.78 is 3.03. The normalized spacial score (nSPS) is 16.0. The van der Waals surface area contributed by atoms with E-state index in [1.54, 1.807) is 4.88 Å². The largest absolute Gasteiger partial charge is 0.271 e. The molecule has 2 aromatic heterocycles. The number of nitrogens with two attached hydrogens (primary N) is 1. The second kappa shape index (κ2) is 6.20. The Morgan fingerprint density at radius 1 is 1.48 bits per heavy atom. The third kappa shape index (κ3) is 2.95. The van der Waals surface area contributed by atoms with Gasteiger partial charge < -0.3 is 0 Å². The van der Waals surface area contributed by atoms with Gasteiger partial charge in [-0.2, -0.15) is 5.10 Å². The Hall–Kier alpha value is -0.690. The molecule has 2 aromatic rings. The van der Waals surface area contributed by atoms with Gasteiger partial charge in [0.2, 0.25) is 0 Å². The van der Waals surface area contributed by atoms with Gasteiger partial charge in [-0.25, -0.2) is 0 Å². The van der Waals surface area contributed by atoms with E-state index >= 15 is 0 Å². The molecule has 21 heavy (non-hydrogen) atoms. The molecule has 3 rings (SSSR count). The van der Waals surface area contributed by atoms with Crippen molar-refractivity contribution in [1.29, 1.82) is 0 Å². The van der Waals surface area contributed by atoms with E-state index < -0.39 is 0 Å². The topological polar surface area (TPSA) is 55.9 Å². The summed E-state index contributed by atoms with van der Waals surface area (Å²) in [6.45, 7) is 2.02. The Bertz CT molecular complexity index is 623. The van der Waals surface area contributed by atoms with E-state index in [-0.39, 0.29) is 6.04 Å². The standard InChI is InChI=1S/C15H21BrN4S/c1-9-15(16)12(20(2)19-9)8-11(18-17)14-7-10-5-3-4-6-13(10)21-14/h7,11,18H,3-6,8,17H2,1-2H3. The average Bonchev–Trinajstić information content (AvgIpc) is 3.00.